The Labute approximate surface area is 147 Å². The van der Waals surface area contributed by atoms with Crippen LogP contribution in [-0.4, -0.2) is 30.4 Å². The minimum Gasteiger partial charge on any atom is -0.310 e. The number of pyridine rings is 1. The molecular weight excluding hydrogens is 338 g/mol. The van der Waals surface area contributed by atoms with Crippen molar-refractivity contribution in [2.75, 3.05) is 13.1 Å². The van der Waals surface area contributed by atoms with Gasteiger partial charge in [0.1, 0.15) is 0 Å². The van der Waals surface area contributed by atoms with E-state index >= 15 is 0 Å². The molecule has 0 radical (unpaired) electrons. The fraction of sp³-hybridized carbons (Fsp3) is 0.333. The van der Waals surface area contributed by atoms with Crippen LogP contribution >= 0.6 is 0 Å². The predicted molar refractivity (Wildman–Crippen MR) is 93.6 cm³/mol. The van der Waals surface area contributed by atoms with Gasteiger partial charge in [-0.1, -0.05) is 18.6 Å². The largest absolute Gasteiger partial charge is 0.310 e. The van der Waals surface area contributed by atoms with Crippen LogP contribution in [0.2, 0.25) is 0 Å². The van der Waals surface area contributed by atoms with Gasteiger partial charge in [0.25, 0.3) is 5.56 Å². The van der Waals surface area contributed by atoms with E-state index in [9.17, 15) is 13.2 Å². The smallest absolute Gasteiger partial charge is 0.250 e. The number of benzene rings is 1. The number of nitriles is 1. The Bertz CT molecular complexity index is 968. The second-order valence-electron chi connectivity index (χ2n) is 6.11. The van der Waals surface area contributed by atoms with Crippen molar-refractivity contribution >= 4 is 10.0 Å². The first-order valence-electron chi connectivity index (χ1n) is 8.20. The van der Waals surface area contributed by atoms with Gasteiger partial charge < -0.3 is 4.57 Å². The molecule has 2 aromatic rings. The van der Waals surface area contributed by atoms with Crippen molar-refractivity contribution in [3.05, 3.63) is 64.1 Å². The lowest BCUT2D eigenvalue weighted by atomic mass is 10.1. The van der Waals surface area contributed by atoms with Gasteiger partial charge >= 0.3 is 0 Å². The minimum absolute atomic E-state index is 0.130. The van der Waals surface area contributed by atoms with Gasteiger partial charge in [0.15, 0.2) is 0 Å². The third-order valence-electron chi connectivity index (χ3n) is 4.32. The Hall–Kier alpha value is -2.43. The molecule has 1 aliphatic rings. The van der Waals surface area contributed by atoms with Crippen LogP contribution in [-0.2, 0) is 16.6 Å². The molecule has 3 rings (SSSR count). The zero-order valence-corrected chi connectivity index (χ0v) is 14.6. The molecule has 0 saturated carbocycles. The van der Waals surface area contributed by atoms with E-state index in [1.165, 1.54) is 27.2 Å². The van der Waals surface area contributed by atoms with Crippen LogP contribution in [0, 0.1) is 11.3 Å². The molecule has 0 N–H and O–H groups in total. The number of piperidine rings is 1. The van der Waals surface area contributed by atoms with Crippen molar-refractivity contribution < 1.29 is 8.42 Å². The lowest BCUT2D eigenvalue weighted by molar-refractivity contribution is 0.346. The Balaban J connectivity index is 1.92. The molecule has 0 atom stereocenters. The third-order valence-corrected chi connectivity index (χ3v) is 6.20. The summed E-state index contributed by atoms with van der Waals surface area (Å²) < 4.78 is 28.4. The normalized spacial score (nSPS) is 15.6. The Kier molecular flexibility index (Phi) is 5.02. The lowest BCUT2D eigenvalue weighted by Crippen LogP contribution is -2.36. The zero-order valence-electron chi connectivity index (χ0n) is 13.8. The molecular formula is C18H19N3O3S. The van der Waals surface area contributed by atoms with Gasteiger partial charge in [0.05, 0.1) is 23.1 Å². The van der Waals surface area contributed by atoms with Crippen LogP contribution in [0.15, 0.2) is 52.3 Å². The van der Waals surface area contributed by atoms with Gasteiger partial charge in [0.2, 0.25) is 10.0 Å². The standard InChI is InChI=1S/C18H19N3O3S/c19-12-15-5-4-6-16(11-15)13-20-14-17(7-8-18(20)22)25(23,24)21-9-2-1-3-10-21/h4-8,11,14H,1-3,9-10,13H2. The summed E-state index contributed by atoms with van der Waals surface area (Å²) in [6, 6.07) is 11.6. The Morgan fingerprint density at radius 1 is 1.08 bits per heavy atom. The second kappa shape index (κ2) is 7.21. The van der Waals surface area contributed by atoms with E-state index in [0.717, 1.165) is 24.8 Å². The lowest BCUT2D eigenvalue weighted by Gasteiger charge is -2.26. The van der Waals surface area contributed by atoms with E-state index in [1.54, 1.807) is 24.3 Å². The highest BCUT2D eigenvalue weighted by Crippen LogP contribution is 2.19. The number of hydrogen-bond acceptors (Lipinski definition) is 4. The molecule has 1 fully saturated rings. The van der Waals surface area contributed by atoms with E-state index in [-0.39, 0.29) is 17.0 Å². The number of nitrogens with zero attached hydrogens (tertiary/aromatic N) is 3. The number of hydrogen-bond donors (Lipinski definition) is 0. The van der Waals surface area contributed by atoms with Gasteiger partial charge in [-0.2, -0.15) is 9.57 Å². The molecule has 1 aromatic heterocycles. The monoisotopic (exact) mass is 357 g/mol. The highest BCUT2D eigenvalue weighted by Gasteiger charge is 2.26. The Morgan fingerprint density at radius 2 is 1.84 bits per heavy atom. The first-order chi connectivity index (χ1) is 12.0. The predicted octanol–water partition coefficient (Wildman–Crippen LogP) is 1.94. The maximum absolute atomic E-state index is 12.8. The molecule has 0 aliphatic carbocycles. The van der Waals surface area contributed by atoms with E-state index in [1.807, 2.05) is 0 Å². The van der Waals surface area contributed by atoms with Crippen molar-refractivity contribution in [1.29, 1.82) is 5.26 Å². The second-order valence-corrected chi connectivity index (χ2v) is 8.05. The van der Waals surface area contributed by atoms with Crippen molar-refractivity contribution in [3.63, 3.8) is 0 Å². The molecule has 1 aromatic carbocycles. The van der Waals surface area contributed by atoms with Gasteiger partial charge in [-0.3, -0.25) is 4.79 Å². The van der Waals surface area contributed by atoms with Crippen LogP contribution < -0.4 is 5.56 Å². The summed E-state index contributed by atoms with van der Waals surface area (Å²) in [4.78, 5) is 12.3. The van der Waals surface area contributed by atoms with Crippen LogP contribution in [0.4, 0.5) is 0 Å². The van der Waals surface area contributed by atoms with Gasteiger partial charge in [-0.25, -0.2) is 8.42 Å². The maximum Gasteiger partial charge on any atom is 0.250 e. The molecule has 0 unspecified atom stereocenters. The minimum atomic E-state index is -3.59. The van der Waals surface area contributed by atoms with Crippen LogP contribution in [0.25, 0.3) is 0 Å². The van der Waals surface area contributed by atoms with E-state index in [2.05, 4.69) is 6.07 Å². The van der Waals surface area contributed by atoms with Crippen molar-refractivity contribution in [2.24, 2.45) is 0 Å². The molecule has 1 saturated heterocycles. The summed E-state index contributed by atoms with van der Waals surface area (Å²) in [5, 5.41) is 8.97. The number of rotatable bonds is 4. The molecule has 0 bridgehead atoms. The fourth-order valence-corrected chi connectivity index (χ4v) is 4.51. The van der Waals surface area contributed by atoms with E-state index in [4.69, 9.17) is 5.26 Å². The van der Waals surface area contributed by atoms with E-state index < -0.39 is 10.0 Å². The Morgan fingerprint density at radius 3 is 2.56 bits per heavy atom. The van der Waals surface area contributed by atoms with Crippen LogP contribution in [0.5, 0.6) is 0 Å². The van der Waals surface area contributed by atoms with Gasteiger partial charge in [-0.05, 0) is 36.6 Å². The van der Waals surface area contributed by atoms with Crippen LogP contribution in [0.1, 0.15) is 30.4 Å². The summed E-state index contributed by atoms with van der Waals surface area (Å²) in [5.41, 5.74) is 0.997. The van der Waals surface area contributed by atoms with Gasteiger partial charge in [-0.15, -0.1) is 0 Å². The quantitative estimate of drug-likeness (QED) is 0.837. The molecule has 1 aliphatic heterocycles. The van der Waals surface area contributed by atoms with E-state index in [0.29, 0.717) is 18.7 Å². The molecule has 25 heavy (non-hydrogen) atoms. The topological polar surface area (TPSA) is 83.2 Å². The van der Waals surface area contributed by atoms with Crippen molar-refractivity contribution in [2.45, 2.75) is 30.7 Å². The first-order valence-corrected chi connectivity index (χ1v) is 9.64. The highest BCUT2D eigenvalue weighted by molar-refractivity contribution is 7.89. The third kappa shape index (κ3) is 3.81. The summed E-state index contributed by atoms with van der Waals surface area (Å²) in [7, 11) is -3.59. The average Bonchev–Trinajstić information content (AvgIpc) is 2.64. The van der Waals surface area contributed by atoms with Gasteiger partial charge in [0, 0.05) is 25.4 Å². The molecule has 0 amide bonds. The summed E-state index contributed by atoms with van der Waals surface area (Å²) in [6.07, 6.45) is 4.16. The highest BCUT2D eigenvalue weighted by atomic mass is 32.2. The molecule has 0 spiro atoms. The SMILES string of the molecule is N#Cc1cccc(Cn2cc(S(=O)(=O)N3CCCCC3)ccc2=O)c1. The van der Waals surface area contributed by atoms with Crippen molar-refractivity contribution in [3.8, 4) is 6.07 Å². The summed E-state index contributed by atoms with van der Waals surface area (Å²) in [5.74, 6) is 0. The molecule has 2 heterocycles. The molecule has 7 heteroatoms. The van der Waals surface area contributed by atoms with Crippen LogP contribution in [0.3, 0.4) is 0 Å². The van der Waals surface area contributed by atoms with Crippen molar-refractivity contribution in [1.82, 2.24) is 8.87 Å². The average molecular weight is 357 g/mol. The first kappa shape index (κ1) is 17.4. The molecule has 130 valence electrons. The summed E-state index contributed by atoms with van der Waals surface area (Å²) in [6.45, 7) is 1.26. The molecule has 6 nitrogen and oxygen atoms in total. The summed E-state index contributed by atoms with van der Waals surface area (Å²) >= 11 is 0. The number of aromatic nitrogens is 1. The number of sulfonamides is 1. The maximum atomic E-state index is 12.8. The zero-order chi connectivity index (χ0) is 17.9. The fourth-order valence-electron chi connectivity index (χ4n) is 2.98.